The van der Waals surface area contributed by atoms with Crippen molar-refractivity contribution in [1.82, 2.24) is 20.2 Å². The lowest BCUT2D eigenvalue weighted by molar-refractivity contribution is -0.147. The molecule has 1 N–H and O–H groups in total. The van der Waals surface area contributed by atoms with E-state index in [0.717, 1.165) is 28.7 Å². The van der Waals surface area contributed by atoms with Gasteiger partial charge in [0.05, 0.1) is 5.25 Å². The predicted octanol–water partition coefficient (Wildman–Crippen LogP) is 7.81. The number of ether oxygens (including phenoxy) is 3. The first-order valence-corrected chi connectivity index (χ1v) is 20.5. The minimum atomic E-state index is -3.22. The first kappa shape index (κ1) is 39.3. The Labute approximate surface area is 330 Å². The number of sulfone groups is 1. The molecule has 0 bridgehead atoms. The van der Waals surface area contributed by atoms with Crippen molar-refractivity contribution in [2.75, 3.05) is 25.9 Å². The van der Waals surface area contributed by atoms with Crippen LogP contribution in [0.25, 0.3) is 56.2 Å². The number of benzene rings is 4. The highest BCUT2D eigenvalue weighted by Crippen LogP contribution is 2.40. The number of carbonyl (C=O) groups excluding carboxylic acids is 1. The zero-order chi connectivity index (χ0) is 40.9. The van der Waals surface area contributed by atoms with Crippen molar-refractivity contribution in [2.24, 2.45) is 0 Å². The summed E-state index contributed by atoms with van der Waals surface area (Å²) in [5, 5.41) is 2.54. The van der Waals surface area contributed by atoms with Crippen LogP contribution < -0.4 is 14.8 Å². The monoisotopic (exact) mass is 822 g/mol. The normalized spacial score (nSPS) is 16.5. The van der Waals surface area contributed by atoms with Crippen LogP contribution in [0, 0.1) is 13.8 Å². The first-order chi connectivity index (χ1) is 27.7. The van der Waals surface area contributed by atoms with Crippen LogP contribution in [0.15, 0.2) is 69.5 Å². The summed E-state index contributed by atoms with van der Waals surface area (Å²) in [5.41, 5.74) is 6.42. The number of hydrogen-bond donors (Lipinski definition) is 1. The number of aromatic nitrogens is 2. The van der Waals surface area contributed by atoms with Crippen LogP contribution in [0.3, 0.4) is 0 Å². The van der Waals surface area contributed by atoms with Gasteiger partial charge in [0, 0.05) is 60.3 Å². The summed E-state index contributed by atoms with van der Waals surface area (Å²) >= 11 is 0. The summed E-state index contributed by atoms with van der Waals surface area (Å²) in [6.07, 6.45) is 2.64. The molecule has 58 heavy (non-hydrogen) atoms. The van der Waals surface area contributed by atoms with E-state index in [0.29, 0.717) is 40.7 Å². The fourth-order valence-electron chi connectivity index (χ4n) is 7.49. The summed E-state index contributed by atoms with van der Waals surface area (Å²) in [6.45, 7) is -1.24. The molecule has 2 aliphatic heterocycles. The van der Waals surface area contributed by atoms with Gasteiger partial charge in [-0.2, -0.15) is 17.6 Å². The van der Waals surface area contributed by atoms with Gasteiger partial charge in [0.25, 0.3) is 0 Å². The third-order valence-corrected chi connectivity index (χ3v) is 12.1. The number of likely N-dealkylation sites (tertiary alicyclic amines) is 1. The Hall–Kier alpha value is -5.52. The number of rotatable bonds is 13. The molecule has 0 amide bonds. The fourth-order valence-corrected chi connectivity index (χ4v) is 8.46. The topological polar surface area (TPSA) is 146 Å². The molecule has 0 radical (unpaired) electrons. The molecule has 2 fully saturated rings. The number of alkyl halides is 4. The lowest BCUT2D eigenvalue weighted by Crippen LogP contribution is -2.53. The first-order valence-electron chi connectivity index (χ1n) is 18.5. The minimum absolute atomic E-state index is 0.0839. The quantitative estimate of drug-likeness (QED) is 0.0896. The Morgan fingerprint density at radius 1 is 0.828 bits per heavy atom. The van der Waals surface area contributed by atoms with Crippen molar-refractivity contribution in [3.05, 3.63) is 82.9 Å². The zero-order valence-electron chi connectivity index (χ0n) is 31.6. The van der Waals surface area contributed by atoms with Crippen LogP contribution in [0.2, 0.25) is 0 Å². The Morgan fingerprint density at radius 2 is 1.34 bits per heavy atom. The van der Waals surface area contributed by atoms with Gasteiger partial charge in [-0.3, -0.25) is 9.69 Å². The SMILES string of the molecule is Cc1c(-c2nc3cc(COC(=O)[C@@H]4CCCN4)c(OC(F)F)cc3o2)cccc1-c1cccc(-c2nc3cc(CN4CC(S(C)(=O)=O)C4)c(OC(F)F)cc3o2)c1C. The van der Waals surface area contributed by atoms with Crippen LogP contribution in [-0.4, -0.2) is 79.7 Å². The molecule has 2 aliphatic rings. The van der Waals surface area contributed by atoms with Crippen LogP contribution >= 0.6 is 0 Å². The lowest BCUT2D eigenvalue weighted by atomic mass is 9.91. The average Bonchev–Trinajstić information content (AvgIpc) is 3.92. The number of carbonyl (C=O) groups is 1. The van der Waals surface area contributed by atoms with E-state index in [9.17, 15) is 30.8 Å². The van der Waals surface area contributed by atoms with Gasteiger partial charge < -0.3 is 28.4 Å². The lowest BCUT2D eigenvalue weighted by Gasteiger charge is -2.38. The van der Waals surface area contributed by atoms with E-state index in [-0.39, 0.29) is 66.3 Å². The third-order valence-electron chi connectivity index (χ3n) is 10.6. The van der Waals surface area contributed by atoms with Crippen molar-refractivity contribution < 1.29 is 53.8 Å². The van der Waals surface area contributed by atoms with Gasteiger partial charge in [0.2, 0.25) is 11.8 Å². The number of nitrogens with one attached hydrogen (secondary N) is 1. The molecule has 6 aromatic rings. The van der Waals surface area contributed by atoms with Crippen molar-refractivity contribution in [1.29, 1.82) is 0 Å². The second-order valence-corrected chi connectivity index (χ2v) is 16.8. The van der Waals surface area contributed by atoms with Crippen LogP contribution in [0.5, 0.6) is 11.5 Å². The largest absolute Gasteiger partial charge is 0.460 e. The van der Waals surface area contributed by atoms with Crippen molar-refractivity contribution in [3.63, 3.8) is 0 Å². The number of esters is 1. The number of nitrogens with zero attached hydrogens (tertiary/aromatic N) is 3. The summed E-state index contributed by atoms with van der Waals surface area (Å²) in [5.74, 6) is -0.262. The molecule has 0 saturated carbocycles. The highest BCUT2D eigenvalue weighted by Gasteiger charge is 2.35. The minimum Gasteiger partial charge on any atom is -0.460 e. The molecule has 0 spiro atoms. The maximum absolute atomic E-state index is 13.5. The van der Waals surface area contributed by atoms with E-state index in [2.05, 4.69) is 10.3 Å². The van der Waals surface area contributed by atoms with Gasteiger partial charge in [0.15, 0.2) is 21.0 Å². The summed E-state index contributed by atoms with van der Waals surface area (Å²) in [4.78, 5) is 23.8. The van der Waals surface area contributed by atoms with Gasteiger partial charge in [-0.25, -0.2) is 18.4 Å². The Balaban J connectivity index is 1.09. The second kappa shape index (κ2) is 15.7. The van der Waals surface area contributed by atoms with E-state index >= 15 is 0 Å². The molecular formula is C41H38F4N4O8S. The molecule has 8 rings (SSSR count). The Morgan fingerprint density at radius 3 is 1.84 bits per heavy atom. The van der Waals surface area contributed by atoms with Crippen LogP contribution in [0.1, 0.15) is 35.1 Å². The number of oxazole rings is 2. The van der Waals surface area contributed by atoms with Crippen LogP contribution in [0.4, 0.5) is 17.6 Å². The molecule has 1 atom stereocenters. The van der Waals surface area contributed by atoms with Gasteiger partial charge in [-0.15, -0.1) is 0 Å². The molecule has 2 saturated heterocycles. The molecule has 4 heterocycles. The van der Waals surface area contributed by atoms with E-state index in [1.54, 1.807) is 6.07 Å². The number of fused-ring (bicyclic) bond motifs is 2. The maximum atomic E-state index is 13.5. The summed E-state index contributed by atoms with van der Waals surface area (Å²) < 4.78 is 105. The molecule has 17 heteroatoms. The molecule has 12 nitrogen and oxygen atoms in total. The fraction of sp³-hybridized carbons (Fsp3) is 0.341. The number of hydrogen-bond acceptors (Lipinski definition) is 12. The third kappa shape index (κ3) is 7.98. The van der Waals surface area contributed by atoms with Gasteiger partial charge in [0.1, 0.15) is 35.2 Å². The molecule has 4 aromatic carbocycles. The van der Waals surface area contributed by atoms with Gasteiger partial charge in [-0.05, 0) is 79.8 Å². The second-order valence-electron chi connectivity index (χ2n) is 14.5. The van der Waals surface area contributed by atoms with Crippen molar-refractivity contribution >= 4 is 38.0 Å². The number of halogens is 4. The molecule has 0 unspecified atom stereocenters. The van der Waals surface area contributed by atoms with E-state index in [1.807, 2.05) is 55.1 Å². The molecular weight excluding hydrogens is 785 g/mol. The van der Waals surface area contributed by atoms with Crippen molar-refractivity contribution in [2.45, 2.75) is 64.4 Å². The van der Waals surface area contributed by atoms with Crippen molar-refractivity contribution in [3.8, 4) is 45.5 Å². The van der Waals surface area contributed by atoms with Crippen LogP contribution in [-0.2, 0) is 32.5 Å². The Kier molecular flexibility index (Phi) is 10.6. The van der Waals surface area contributed by atoms with Gasteiger partial charge >= 0.3 is 19.2 Å². The Bertz CT molecular complexity index is 2640. The maximum Gasteiger partial charge on any atom is 0.387 e. The van der Waals surface area contributed by atoms with E-state index in [1.165, 1.54) is 24.5 Å². The zero-order valence-corrected chi connectivity index (χ0v) is 32.4. The van der Waals surface area contributed by atoms with E-state index in [4.69, 9.17) is 28.0 Å². The highest BCUT2D eigenvalue weighted by atomic mass is 32.2. The highest BCUT2D eigenvalue weighted by molar-refractivity contribution is 7.91. The average molecular weight is 823 g/mol. The standard InChI is InChI=1S/C41H38F4N4O8S/c1-21-26(7-4-9-28(21)37-47-31-13-23(17-49-18-25(19-49)58(3,51)52)33(56-40(42)43)15-35(31)54-37)27-8-5-10-29(22(27)2)38-48-32-14-24(20-53-39(50)30-11-6-12-46-30)34(57-41(44)45)16-36(32)55-38/h4-5,7-10,13-16,25,30,40-41,46H,6,11-12,17-20H2,1-3H3/t30-/m0/s1. The van der Waals surface area contributed by atoms with Gasteiger partial charge in [-0.1, -0.05) is 24.3 Å². The summed E-state index contributed by atoms with van der Waals surface area (Å²) in [7, 11) is -3.22. The predicted molar refractivity (Wildman–Crippen MR) is 205 cm³/mol. The van der Waals surface area contributed by atoms with E-state index < -0.39 is 40.3 Å². The summed E-state index contributed by atoms with van der Waals surface area (Å²) in [6, 6.07) is 16.6. The molecule has 0 aliphatic carbocycles. The molecule has 2 aromatic heterocycles. The smallest absolute Gasteiger partial charge is 0.387 e. The molecule has 304 valence electrons.